The Kier molecular flexibility index (Phi) is 5.07. The highest BCUT2D eigenvalue weighted by Crippen LogP contribution is 2.38. The molecular weight excluding hydrogens is 186 g/mol. The van der Waals surface area contributed by atoms with Crippen molar-refractivity contribution in [2.75, 3.05) is 20.3 Å². The molecule has 90 valence electrons. The summed E-state index contributed by atoms with van der Waals surface area (Å²) in [5, 5.41) is 3.66. The van der Waals surface area contributed by atoms with Crippen molar-refractivity contribution in [2.45, 2.75) is 52.5 Å². The lowest BCUT2D eigenvalue weighted by Gasteiger charge is -2.39. The molecule has 0 aliphatic heterocycles. The second kappa shape index (κ2) is 5.86. The minimum Gasteiger partial charge on any atom is -0.385 e. The molecule has 1 saturated carbocycles. The van der Waals surface area contributed by atoms with Crippen molar-refractivity contribution < 1.29 is 4.74 Å². The van der Waals surface area contributed by atoms with Crippen LogP contribution in [0.15, 0.2) is 0 Å². The van der Waals surface area contributed by atoms with Gasteiger partial charge in [0.25, 0.3) is 0 Å². The molecule has 2 atom stereocenters. The third-order valence-corrected chi connectivity index (χ3v) is 3.35. The average molecular weight is 213 g/mol. The third-order valence-electron chi connectivity index (χ3n) is 3.35. The van der Waals surface area contributed by atoms with E-state index in [0.717, 1.165) is 31.5 Å². The van der Waals surface area contributed by atoms with Gasteiger partial charge in [0.05, 0.1) is 0 Å². The van der Waals surface area contributed by atoms with Crippen LogP contribution in [0.1, 0.15) is 46.5 Å². The van der Waals surface area contributed by atoms with Crippen molar-refractivity contribution in [1.82, 2.24) is 5.32 Å². The van der Waals surface area contributed by atoms with E-state index in [2.05, 4.69) is 26.1 Å². The van der Waals surface area contributed by atoms with Crippen molar-refractivity contribution in [3.05, 3.63) is 0 Å². The Labute approximate surface area is 94.8 Å². The largest absolute Gasteiger partial charge is 0.385 e. The molecular formula is C13H27NO. The summed E-state index contributed by atoms with van der Waals surface area (Å²) in [6, 6.07) is 0.723. The summed E-state index contributed by atoms with van der Waals surface area (Å²) < 4.78 is 5.05. The van der Waals surface area contributed by atoms with Gasteiger partial charge in [-0.25, -0.2) is 0 Å². The van der Waals surface area contributed by atoms with E-state index in [1.807, 2.05) is 0 Å². The molecule has 0 bridgehead atoms. The molecule has 0 unspecified atom stereocenters. The molecule has 0 radical (unpaired) electrons. The van der Waals surface area contributed by atoms with Crippen LogP contribution in [0.4, 0.5) is 0 Å². The van der Waals surface area contributed by atoms with Crippen LogP contribution in [-0.2, 0) is 4.74 Å². The fourth-order valence-electron chi connectivity index (χ4n) is 3.02. The van der Waals surface area contributed by atoms with E-state index in [1.165, 1.54) is 19.3 Å². The summed E-state index contributed by atoms with van der Waals surface area (Å²) in [5.41, 5.74) is 0.524. The van der Waals surface area contributed by atoms with E-state index in [9.17, 15) is 0 Å². The number of hydrogen-bond acceptors (Lipinski definition) is 2. The van der Waals surface area contributed by atoms with Crippen molar-refractivity contribution in [3.8, 4) is 0 Å². The molecule has 1 aliphatic carbocycles. The van der Waals surface area contributed by atoms with E-state index in [1.54, 1.807) is 7.11 Å². The molecule has 1 aliphatic rings. The second-order valence-electron chi connectivity index (χ2n) is 5.91. The minimum absolute atomic E-state index is 0.524. The summed E-state index contributed by atoms with van der Waals surface area (Å²) in [6.45, 7) is 9.14. The lowest BCUT2D eigenvalue weighted by molar-refractivity contribution is 0.146. The molecule has 1 fully saturated rings. The van der Waals surface area contributed by atoms with Crippen LogP contribution in [0, 0.1) is 11.3 Å². The van der Waals surface area contributed by atoms with Crippen LogP contribution < -0.4 is 5.32 Å². The molecule has 0 amide bonds. The molecule has 0 aromatic heterocycles. The molecule has 1 N–H and O–H groups in total. The van der Waals surface area contributed by atoms with Gasteiger partial charge in [0.15, 0.2) is 0 Å². The summed E-state index contributed by atoms with van der Waals surface area (Å²) in [4.78, 5) is 0. The fraction of sp³-hybridized carbons (Fsp3) is 1.00. The van der Waals surface area contributed by atoms with Crippen LogP contribution in [0.25, 0.3) is 0 Å². The van der Waals surface area contributed by atoms with Gasteiger partial charge in [0.2, 0.25) is 0 Å². The standard InChI is InChI=1S/C13H27NO/c1-11-8-12(10-13(2,3)9-11)14-6-5-7-15-4/h11-12,14H,5-10H2,1-4H3/t11-,12-/m1/s1. The molecule has 0 aromatic carbocycles. The number of methoxy groups -OCH3 is 1. The first kappa shape index (κ1) is 13.0. The Bertz CT molecular complexity index is 179. The van der Waals surface area contributed by atoms with Gasteiger partial charge in [-0.1, -0.05) is 20.8 Å². The normalized spacial score (nSPS) is 30.4. The first-order chi connectivity index (χ1) is 7.03. The van der Waals surface area contributed by atoms with Crippen molar-refractivity contribution >= 4 is 0 Å². The quantitative estimate of drug-likeness (QED) is 0.709. The Balaban J connectivity index is 2.23. The maximum Gasteiger partial charge on any atom is 0.0474 e. The number of hydrogen-bond donors (Lipinski definition) is 1. The smallest absolute Gasteiger partial charge is 0.0474 e. The maximum atomic E-state index is 5.05. The minimum atomic E-state index is 0.524. The SMILES string of the molecule is COCCCN[C@@H]1C[C@@H](C)CC(C)(C)C1. The zero-order chi connectivity index (χ0) is 11.3. The van der Waals surface area contributed by atoms with Gasteiger partial charge >= 0.3 is 0 Å². The van der Waals surface area contributed by atoms with E-state index >= 15 is 0 Å². The highest BCUT2D eigenvalue weighted by Gasteiger charge is 2.31. The lowest BCUT2D eigenvalue weighted by atomic mass is 9.70. The zero-order valence-electron chi connectivity index (χ0n) is 10.8. The third kappa shape index (κ3) is 4.98. The summed E-state index contributed by atoms with van der Waals surface area (Å²) in [5.74, 6) is 0.869. The number of rotatable bonds is 5. The maximum absolute atomic E-state index is 5.05. The van der Waals surface area contributed by atoms with Crippen LogP contribution >= 0.6 is 0 Å². The molecule has 2 nitrogen and oxygen atoms in total. The first-order valence-electron chi connectivity index (χ1n) is 6.26. The number of ether oxygens (including phenoxy) is 1. The highest BCUT2D eigenvalue weighted by atomic mass is 16.5. The van der Waals surface area contributed by atoms with E-state index in [4.69, 9.17) is 4.74 Å². The van der Waals surface area contributed by atoms with Crippen molar-refractivity contribution in [1.29, 1.82) is 0 Å². The Morgan fingerprint density at radius 1 is 1.33 bits per heavy atom. The zero-order valence-corrected chi connectivity index (χ0v) is 10.8. The first-order valence-corrected chi connectivity index (χ1v) is 6.26. The van der Waals surface area contributed by atoms with Crippen LogP contribution in [0.3, 0.4) is 0 Å². The van der Waals surface area contributed by atoms with Gasteiger partial charge in [0.1, 0.15) is 0 Å². The highest BCUT2D eigenvalue weighted by molar-refractivity contribution is 4.86. The van der Waals surface area contributed by atoms with Gasteiger partial charge in [0, 0.05) is 19.8 Å². The Hall–Kier alpha value is -0.0800. The molecule has 2 heteroatoms. The Morgan fingerprint density at radius 3 is 2.67 bits per heavy atom. The predicted octanol–water partition coefficient (Wildman–Crippen LogP) is 2.83. The summed E-state index contributed by atoms with van der Waals surface area (Å²) in [7, 11) is 1.77. The average Bonchev–Trinajstić information content (AvgIpc) is 2.09. The van der Waals surface area contributed by atoms with Crippen molar-refractivity contribution in [3.63, 3.8) is 0 Å². The van der Waals surface area contributed by atoms with E-state index in [-0.39, 0.29) is 0 Å². The molecule has 0 heterocycles. The predicted molar refractivity (Wildman–Crippen MR) is 65.1 cm³/mol. The van der Waals surface area contributed by atoms with Gasteiger partial charge in [-0.15, -0.1) is 0 Å². The van der Waals surface area contributed by atoms with Gasteiger partial charge in [-0.05, 0) is 43.6 Å². The van der Waals surface area contributed by atoms with Crippen LogP contribution in [-0.4, -0.2) is 26.3 Å². The second-order valence-corrected chi connectivity index (χ2v) is 5.91. The monoisotopic (exact) mass is 213 g/mol. The number of nitrogens with one attached hydrogen (secondary N) is 1. The lowest BCUT2D eigenvalue weighted by Crippen LogP contribution is -2.40. The van der Waals surface area contributed by atoms with E-state index < -0.39 is 0 Å². The molecule has 0 aromatic rings. The summed E-state index contributed by atoms with van der Waals surface area (Å²) in [6.07, 6.45) is 5.17. The molecule has 1 rings (SSSR count). The molecule has 15 heavy (non-hydrogen) atoms. The van der Waals surface area contributed by atoms with Crippen molar-refractivity contribution in [2.24, 2.45) is 11.3 Å². The molecule has 0 saturated heterocycles. The van der Waals surface area contributed by atoms with E-state index in [0.29, 0.717) is 5.41 Å². The van der Waals surface area contributed by atoms with Crippen LogP contribution in [0.5, 0.6) is 0 Å². The Morgan fingerprint density at radius 2 is 2.07 bits per heavy atom. The fourth-order valence-corrected chi connectivity index (χ4v) is 3.02. The molecule has 0 spiro atoms. The van der Waals surface area contributed by atoms with Crippen LogP contribution in [0.2, 0.25) is 0 Å². The van der Waals surface area contributed by atoms with Gasteiger partial charge < -0.3 is 10.1 Å². The summed E-state index contributed by atoms with van der Waals surface area (Å²) >= 11 is 0. The topological polar surface area (TPSA) is 21.3 Å². The van der Waals surface area contributed by atoms with Gasteiger partial charge in [-0.2, -0.15) is 0 Å². The van der Waals surface area contributed by atoms with Gasteiger partial charge in [-0.3, -0.25) is 0 Å².